The van der Waals surface area contributed by atoms with Gasteiger partial charge in [0.1, 0.15) is 5.44 Å². The molecule has 1 radical (unpaired) electrons. The summed E-state index contributed by atoms with van der Waals surface area (Å²) >= 11 is 0.991. The minimum Gasteiger partial charge on any atom is -0.300 e. The predicted octanol–water partition coefficient (Wildman–Crippen LogP) is 1.30. The molecule has 6 heteroatoms. The molecule has 0 aromatic heterocycles. The van der Waals surface area contributed by atoms with E-state index in [0.29, 0.717) is 0 Å². The average Bonchev–Trinajstić information content (AvgIpc) is 2.12. The maximum Gasteiger partial charge on any atom is 0.523 e. The van der Waals surface area contributed by atoms with Crippen LogP contribution in [0.4, 0.5) is 13.2 Å². The Labute approximate surface area is 60.1 Å². The molecule has 0 spiro atoms. The number of hydrogen-bond donors (Lipinski definition) is 1. The smallest absolute Gasteiger partial charge is 0.300 e. The van der Waals surface area contributed by atoms with Gasteiger partial charge in [0.2, 0.25) is 0 Å². The number of rotatable bonds is 1. The normalized spacial score (nSPS) is 27.3. The summed E-state index contributed by atoms with van der Waals surface area (Å²) in [5.74, 6) is 1.48. The molecule has 1 rings (SSSR count). The van der Waals surface area contributed by atoms with Crippen molar-refractivity contribution in [2.75, 3.05) is 6.54 Å². The Kier molecular flexibility index (Phi) is 2.43. The lowest BCUT2D eigenvalue weighted by atomic mass is 10.7. The Morgan fingerprint density at radius 3 is 2.70 bits per heavy atom. The molecule has 1 saturated heterocycles. The second kappa shape index (κ2) is 2.98. The first-order valence-corrected chi connectivity index (χ1v) is 3.47. The molecule has 1 aliphatic rings. The summed E-state index contributed by atoms with van der Waals surface area (Å²) < 4.78 is 38.0. The van der Waals surface area contributed by atoms with Gasteiger partial charge in [0.25, 0.3) is 0 Å². The summed E-state index contributed by atoms with van der Waals surface area (Å²) in [6.45, 7) is 0.212. The lowest BCUT2D eigenvalue weighted by Gasteiger charge is -2.11. The Morgan fingerprint density at radius 1 is 1.60 bits per heavy atom. The standard InChI is InChI=1S/C4H5F3NOS/c5-4(6,7)9-3-1-8-2-10-3/h2-3,8H,1H2. The first-order valence-electron chi connectivity index (χ1n) is 2.53. The third-order valence-corrected chi connectivity index (χ3v) is 1.72. The van der Waals surface area contributed by atoms with Gasteiger partial charge in [0, 0.05) is 6.54 Å². The van der Waals surface area contributed by atoms with Gasteiger partial charge in [-0.05, 0) is 0 Å². The molecule has 1 aliphatic heterocycles. The number of hydrogen-bond acceptors (Lipinski definition) is 3. The second-order valence-corrected chi connectivity index (χ2v) is 2.69. The minimum absolute atomic E-state index is 0.212. The van der Waals surface area contributed by atoms with Gasteiger partial charge < -0.3 is 0 Å². The van der Waals surface area contributed by atoms with Crippen molar-refractivity contribution in [1.82, 2.24) is 5.32 Å². The van der Waals surface area contributed by atoms with Crippen molar-refractivity contribution >= 4 is 11.8 Å². The fraction of sp³-hybridized carbons (Fsp3) is 0.750. The zero-order chi connectivity index (χ0) is 7.61. The molecule has 0 aliphatic carbocycles. The van der Waals surface area contributed by atoms with Gasteiger partial charge in [-0.3, -0.25) is 10.1 Å². The summed E-state index contributed by atoms with van der Waals surface area (Å²) in [4.78, 5) is 0. The maximum atomic E-state index is 11.4. The van der Waals surface area contributed by atoms with Crippen LogP contribution < -0.4 is 5.32 Å². The molecule has 1 N–H and O–H groups in total. The number of halogens is 3. The molecule has 1 fully saturated rings. The number of alkyl halides is 3. The number of thioether (sulfide) groups is 1. The lowest BCUT2D eigenvalue weighted by molar-refractivity contribution is -0.328. The van der Waals surface area contributed by atoms with Crippen molar-refractivity contribution in [3.8, 4) is 0 Å². The van der Waals surface area contributed by atoms with Gasteiger partial charge in [-0.25, -0.2) is 0 Å². The van der Waals surface area contributed by atoms with Gasteiger partial charge in [-0.1, -0.05) is 0 Å². The molecule has 0 amide bonds. The highest BCUT2D eigenvalue weighted by Crippen LogP contribution is 2.27. The van der Waals surface area contributed by atoms with Crippen LogP contribution in [-0.4, -0.2) is 18.3 Å². The molecule has 10 heavy (non-hydrogen) atoms. The summed E-state index contributed by atoms with van der Waals surface area (Å²) in [6, 6.07) is 0. The largest absolute Gasteiger partial charge is 0.523 e. The lowest BCUT2D eigenvalue weighted by Crippen LogP contribution is -2.24. The molecule has 1 unspecified atom stereocenters. The Bertz CT molecular complexity index is 112. The van der Waals surface area contributed by atoms with Gasteiger partial charge >= 0.3 is 6.36 Å². The maximum absolute atomic E-state index is 11.4. The van der Waals surface area contributed by atoms with E-state index in [1.807, 2.05) is 0 Å². The minimum atomic E-state index is -4.52. The van der Waals surface area contributed by atoms with Gasteiger partial charge in [-0.2, -0.15) is 0 Å². The van der Waals surface area contributed by atoms with E-state index in [2.05, 4.69) is 10.1 Å². The summed E-state index contributed by atoms with van der Waals surface area (Å²) in [5.41, 5.74) is -0.819. The zero-order valence-corrected chi connectivity index (χ0v) is 5.63. The van der Waals surface area contributed by atoms with Crippen molar-refractivity contribution in [1.29, 1.82) is 0 Å². The van der Waals surface area contributed by atoms with Gasteiger partial charge in [0.15, 0.2) is 0 Å². The third kappa shape index (κ3) is 2.76. The zero-order valence-electron chi connectivity index (χ0n) is 4.81. The van der Waals surface area contributed by atoms with Crippen molar-refractivity contribution in [3.05, 3.63) is 5.88 Å². The van der Waals surface area contributed by atoms with Crippen LogP contribution in [0.15, 0.2) is 0 Å². The monoisotopic (exact) mass is 172 g/mol. The van der Waals surface area contributed by atoms with Crippen LogP contribution >= 0.6 is 11.8 Å². The van der Waals surface area contributed by atoms with E-state index in [0.717, 1.165) is 11.8 Å². The Hall–Kier alpha value is 0.0600. The van der Waals surface area contributed by atoms with Crippen LogP contribution in [0.2, 0.25) is 0 Å². The SMILES string of the molecule is FC(F)(F)OC1CN[CH]S1. The first kappa shape index (κ1) is 8.16. The molecule has 0 bridgehead atoms. The van der Waals surface area contributed by atoms with Crippen molar-refractivity contribution < 1.29 is 17.9 Å². The van der Waals surface area contributed by atoms with Gasteiger partial charge in [-0.15, -0.1) is 24.9 Å². The van der Waals surface area contributed by atoms with Crippen molar-refractivity contribution in [3.63, 3.8) is 0 Å². The predicted molar refractivity (Wildman–Crippen MR) is 30.8 cm³/mol. The van der Waals surface area contributed by atoms with E-state index in [-0.39, 0.29) is 6.54 Å². The molecule has 59 valence electrons. The number of nitrogens with one attached hydrogen (secondary N) is 1. The van der Waals surface area contributed by atoms with Crippen LogP contribution in [0.3, 0.4) is 0 Å². The van der Waals surface area contributed by atoms with E-state index in [4.69, 9.17) is 0 Å². The van der Waals surface area contributed by atoms with E-state index in [1.54, 1.807) is 0 Å². The fourth-order valence-corrected chi connectivity index (χ4v) is 1.24. The van der Waals surface area contributed by atoms with E-state index >= 15 is 0 Å². The summed E-state index contributed by atoms with van der Waals surface area (Å²) in [7, 11) is 0. The van der Waals surface area contributed by atoms with Crippen LogP contribution in [0.25, 0.3) is 0 Å². The highest BCUT2D eigenvalue weighted by Gasteiger charge is 2.35. The van der Waals surface area contributed by atoms with Crippen molar-refractivity contribution in [2.45, 2.75) is 11.8 Å². The summed E-state index contributed by atoms with van der Waals surface area (Å²) in [5, 5.41) is 2.61. The molecule has 0 saturated carbocycles. The van der Waals surface area contributed by atoms with Crippen LogP contribution in [0, 0.1) is 5.88 Å². The molecule has 0 aromatic rings. The highest BCUT2D eigenvalue weighted by molar-refractivity contribution is 8.01. The second-order valence-electron chi connectivity index (χ2n) is 1.66. The molecular weight excluding hydrogens is 167 g/mol. The Morgan fingerprint density at radius 2 is 2.30 bits per heavy atom. The van der Waals surface area contributed by atoms with Crippen LogP contribution in [0.5, 0.6) is 0 Å². The third-order valence-electron chi connectivity index (χ3n) is 0.853. The first-order chi connectivity index (χ1) is 4.58. The molecule has 0 aromatic carbocycles. The van der Waals surface area contributed by atoms with Gasteiger partial charge in [0.05, 0.1) is 5.88 Å². The fourth-order valence-electron chi connectivity index (χ4n) is 0.535. The molecule has 1 heterocycles. The van der Waals surface area contributed by atoms with Crippen LogP contribution in [-0.2, 0) is 4.74 Å². The van der Waals surface area contributed by atoms with Crippen LogP contribution in [0.1, 0.15) is 0 Å². The highest BCUT2D eigenvalue weighted by atomic mass is 32.2. The topological polar surface area (TPSA) is 21.3 Å². The summed E-state index contributed by atoms with van der Waals surface area (Å²) in [6.07, 6.45) is -4.52. The molecular formula is C4H5F3NOS. The quantitative estimate of drug-likeness (QED) is 0.644. The number of ether oxygens (including phenoxy) is 1. The Balaban J connectivity index is 2.24. The average molecular weight is 172 g/mol. The van der Waals surface area contributed by atoms with Crippen molar-refractivity contribution in [2.24, 2.45) is 0 Å². The van der Waals surface area contributed by atoms with E-state index in [9.17, 15) is 13.2 Å². The van der Waals surface area contributed by atoms with E-state index in [1.165, 1.54) is 5.88 Å². The van der Waals surface area contributed by atoms with E-state index < -0.39 is 11.8 Å². The molecule has 1 atom stereocenters. The molecule has 2 nitrogen and oxygen atoms in total.